The van der Waals surface area contributed by atoms with Crippen molar-refractivity contribution in [2.45, 2.75) is 26.2 Å². The number of hydrogen-bond acceptors (Lipinski definition) is 4. The monoisotopic (exact) mass is 317 g/mol. The highest BCUT2D eigenvalue weighted by Crippen LogP contribution is 2.27. The molecule has 0 aromatic heterocycles. The average Bonchev–Trinajstić information content (AvgIpc) is 2.25. The Morgan fingerprint density at radius 1 is 0.833 bits per heavy atom. The highest BCUT2D eigenvalue weighted by atomic mass is 28.5. The molecule has 1 fully saturated rings. The van der Waals surface area contributed by atoms with Gasteiger partial charge < -0.3 is 16.5 Å². The minimum absolute atomic E-state index is 1.57. The summed E-state index contributed by atoms with van der Waals surface area (Å²) in [4.78, 5) is 0. The van der Waals surface area contributed by atoms with Gasteiger partial charge >= 0.3 is 35.0 Å². The normalized spacial score (nSPS) is 37.3. The van der Waals surface area contributed by atoms with Gasteiger partial charge in [-0.2, -0.15) is 0 Å². The molecule has 101 valence electrons. The Balaban J connectivity index is 3.10. The number of rotatable bonds is 3. The molecule has 1 radical (unpaired) electrons. The van der Waals surface area contributed by atoms with Gasteiger partial charge in [-0.1, -0.05) is 11.4 Å². The Kier molecular flexibility index (Phi) is 4.89. The fourth-order valence-corrected chi connectivity index (χ4v) is 16.5. The quantitative estimate of drug-likeness (QED) is 0.750. The van der Waals surface area contributed by atoms with Gasteiger partial charge in [0.05, 0.1) is 0 Å². The second kappa shape index (κ2) is 5.51. The average molecular weight is 318 g/mol. The van der Waals surface area contributed by atoms with E-state index in [2.05, 4.69) is 19.7 Å². The Morgan fingerprint density at radius 3 is 1.83 bits per heavy atom. The van der Waals surface area contributed by atoms with Crippen molar-refractivity contribution in [2.75, 3.05) is 0 Å². The van der Waals surface area contributed by atoms with Crippen LogP contribution in [0.1, 0.15) is 0 Å². The highest BCUT2D eigenvalue weighted by Gasteiger charge is 2.49. The van der Waals surface area contributed by atoms with Crippen LogP contribution < -0.4 is 0 Å². The Labute approximate surface area is 115 Å². The van der Waals surface area contributed by atoms with E-state index in [9.17, 15) is 0 Å². The van der Waals surface area contributed by atoms with Crippen molar-refractivity contribution in [3.63, 3.8) is 0 Å². The van der Waals surface area contributed by atoms with Gasteiger partial charge in [0.25, 0.3) is 0 Å². The van der Waals surface area contributed by atoms with E-state index >= 15 is 0 Å². The maximum Gasteiger partial charge on any atom is 0.396 e. The van der Waals surface area contributed by atoms with Crippen molar-refractivity contribution in [2.24, 2.45) is 0 Å². The minimum Gasteiger partial charge on any atom is -0.413 e. The lowest BCUT2D eigenvalue weighted by molar-refractivity contribution is 0.260. The van der Waals surface area contributed by atoms with Crippen LogP contribution >= 0.6 is 0 Å². The van der Waals surface area contributed by atoms with Crippen LogP contribution in [0.2, 0.25) is 26.2 Å². The summed E-state index contributed by atoms with van der Waals surface area (Å²) in [5, 5.41) is 0. The van der Waals surface area contributed by atoms with Gasteiger partial charge in [0, 0.05) is 0 Å². The molecule has 2 atom stereocenters. The molecular formula is C10H21O4Si4. The maximum atomic E-state index is 6.16. The van der Waals surface area contributed by atoms with E-state index in [1.807, 2.05) is 26.2 Å². The first-order valence-electron chi connectivity index (χ1n) is 5.72. The van der Waals surface area contributed by atoms with Gasteiger partial charge in [0.15, 0.2) is 0 Å². The van der Waals surface area contributed by atoms with E-state index in [1.54, 1.807) is 17.1 Å². The Hall–Kier alpha value is -0.0725. The standard InChI is InChI=1S/C10H21O4Si4/c1-8-15-11-16(4,5)13-18(7,10-3)14-17(6,9-2)12-15/h8-10H,1-3H2,4-7H3. The molecule has 1 aliphatic rings. The third-order valence-corrected chi connectivity index (χ3v) is 16.3. The number of hydrogen-bond donors (Lipinski definition) is 0. The van der Waals surface area contributed by atoms with Gasteiger partial charge in [-0.3, -0.25) is 0 Å². The van der Waals surface area contributed by atoms with E-state index in [1.165, 1.54) is 0 Å². The van der Waals surface area contributed by atoms with Crippen molar-refractivity contribution < 1.29 is 16.5 Å². The fourth-order valence-electron chi connectivity index (χ4n) is 1.67. The van der Waals surface area contributed by atoms with E-state index in [-0.39, 0.29) is 0 Å². The zero-order valence-corrected chi connectivity index (χ0v) is 15.5. The van der Waals surface area contributed by atoms with Crippen LogP contribution in [0.4, 0.5) is 0 Å². The van der Waals surface area contributed by atoms with Gasteiger partial charge in [-0.05, 0) is 31.9 Å². The van der Waals surface area contributed by atoms with Gasteiger partial charge in [0.1, 0.15) is 0 Å². The molecule has 4 nitrogen and oxygen atoms in total. The lowest BCUT2D eigenvalue weighted by Gasteiger charge is -2.42. The summed E-state index contributed by atoms with van der Waals surface area (Å²) < 4.78 is 24.3. The summed E-state index contributed by atoms with van der Waals surface area (Å²) in [6.07, 6.45) is 0. The van der Waals surface area contributed by atoms with E-state index in [0.717, 1.165) is 0 Å². The largest absolute Gasteiger partial charge is 0.413 e. The van der Waals surface area contributed by atoms with Crippen molar-refractivity contribution in [3.8, 4) is 0 Å². The SMILES string of the molecule is C=C[Si]1O[Si](C)(C)O[Si](C)(C=C)O[Si](C)(C=C)O1. The lowest BCUT2D eigenvalue weighted by Crippen LogP contribution is -2.61. The molecular weight excluding hydrogens is 296 g/mol. The van der Waals surface area contributed by atoms with Crippen molar-refractivity contribution >= 4 is 35.0 Å². The first-order valence-corrected chi connectivity index (χ1v) is 14.7. The van der Waals surface area contributed by atoms with Crippen LogP contribution in [0, 0.1) is 0 Å². The minimum atomic E-state index is -2.50. The van der Waals surface area contributed by atoms with Crippen LogP contribution in [-0.2, 0) is 16.5 Å². The van der Waals surface area contributed by atoms with E-state index in [0.29, 0.717) is 0 Å². The van der Waals surface area contributed by atoms with Gasteiger partial charge in [-0.15, -0.1) is 19.7 Å². The molecule has 1 rings (SSSR count). The van der Waals surface area contributed by atoms with Crippen LogP contribution in [-0.4, -0.2) is 35.0 Å². The predicted octanol–water partition coefficient (Wildman–Crippen LogP) is 2.58. The molecule has 18 heavy (non-hydrogen) atoms. The van der Waals surface area contributed by atoms with E-state index in [4.69, 9.17) is 16.5 Å². The third kappa shape index (κ3) is 3.96. The first-order chi connectivity index (χ1) is 8.17. The van der Waals surface area contributed by atoms with Gasteiger partial charge in [-0.25, -0.2) is 0 Å². The van der Waals surface area contributed by atoms with Crippen molar-refractivity contribution in [1.82, 2.24) is 0 Å². The zero-order chi connectivity index (χ0) is 14.0. The highest BCUT2D eigenvalue weighted by molar-refractivity contribution is 6.93. The Morgan fingerprint density at radius 2 is 1.39 bits per heavy atom. The van der Waals surface area contributed by atoms with E-state index < -0.39 is 35.0 Å². The van der Waals surface area contributed by atoms with Crippen molar-refractivity contribution in [1.29, 1.82) is 0 Å². The lowest BCUT2D eigenvalue weighted by atomic mass is 11.3. The van der Waals surface area contributed by atoms with Crippen LogP contribution in [0.15, 0.2) is 36.8 Å². The Bertz CT molecular complexity index is 362. The summed E-state index contributed by atoms with van der Waals surface area (Å²) >= 11 is 0. The fraction of sp³-hybridized carbons (Fsp3) is 0.400. The molecule has 1 saturated heterocycles. The maximum absolute atomic E-state index is 6.16. The summed E-state index contributed by atoms with van der Waals surface area (Å²) in [7, 11) is -8.84. The molecule has 0 N–H and O–H groups in total. The second-order valence-electron chi connectivity index (χ2n) is 4.77. The molecule has 2 unspecified atom stereocenters. The smallest absolute Gasteiger partial charge is 0.396 e. The molecule has 0 aliphatic carbocycles. The molecule has 0 spiro atoms. The molecule has 8 heteroatoms. The van der Waals surface area contributed by atoms with Crippen LogP contribution in [0.3, 0.4) is 0 Å². The topological polar surface area (TPSA) is 36.9 Å². The molecule has 0 aromatic rings. The summed E-state index contributed by atoms with van der Waals surface area (Å²) in [6.45, 7) is 19.3. The molecule has 1 aliphatic heterocycles. The molecule has 0 aromatic carbocycles. The molecule has 0 bridgehead atoms. The molecule has 0 amide bonds. The predicted molar refractivity (Wildman–Crippen MR) is 81.4 cm³/mol. The second-order valence-corrected chi connectivity index (χ2v) is 16.8. The van der Waals surface area contributed by atoms with Crippen LogP contribution in [0.25, 0.3) is 0 Å². The van der Waals surface area contributed by atoms with Gasteiger partial charge in [0.2, 0.25) is 0 Å². The molecule has 1 heterocycles. The zero-order valence-electron chi connectivity index (χ0n) is 11.5. The third-order valence-electron chi connectivity index (χ3n) is 2.41. The van der Waals surface area contributed by atoms with Crippen LogP contribution in [0.5, 0.6) is 0 Å². The summed E-state index contributed by atoms with van der Waals surface area (Å²) in [6, 6.07) is 0. The van der Waals surface area contributed by atoms with Crippen molar-refractivity contribution in [3.05, 3.63) is 36.8 Å². The molecule has 0 saturated carbocycles. The summed E-state index contributed by atoms with van der Waals surface area (Å²) in [5.74, 6) is 0. The first kappa shape index (κ1) is 16.0. The summed E-state index contributed by atoms with van der Waals surface area (Å²) in [5.41, 5.74) is 5.25.